The Morgan fingerprint density at radius 2 is 2.00 bits per heavy atom. The number of amides is 2. The molecule has 4 heterocycles. The van der Waals surface area contributed by atoms with Gasteiger partial charge in [0.25, 0.3) is 5.91 Å². The lowest BCUT2D eigenvalue weighted by Gasteiger charge is -2.36. The minimum atomic E-state index is -0.212. The molecular formula is C31H38N8O2. The molecule has 1 saturated carbocycles. The number of hydrogen-bond donors (Lipinski definition) is 2. The maximum atomic E-state index is 13.6. The molecule has 2 amide bonds. The number of fused-ring (bicyclic) bond motifs is 2. The molecule has 3 aromatic heterocycles. The first-order valence-electron chi connectivity index (χ1n) is 14.3. The van der Waals surface area contributed by atoms with Crippen molar-refractivity contribution in [1.82, 2.24) is 34.2 Å². The number of rotatable bonds is 8. The largest absolute Gasteiger partial charge is 0.348 e. The highest BCUT2D eigenvalue weighted by Gasteiger charge is 2.30. The van der Waals surface area contributed by atoms with Crippen molar-refractivity contribution in [3.05, 3.63) is 60.3 Å². The van der Waals surface area contributed by atoms with Gasteiger partial charge in [0.05, 0.1) is 16.7 Å². The number of piperidine rings is 1. The molecule has 4 aromatic rings. The molecule has 1 aliphatic heterocycles. The summed E-state index contributed by atoms with van der Waals surface area (Å²) in [5, 5.41) is 4.11. The molecule has 214 valence electrons. The Morgan fingerprint density at radius 1 is 1.17 bits per heavy atom. The number of hydrogen-bond acceptors (Lipinski definition) is 6. The molecule has 41 heavy (non-hydrogen) atoms. The molecule has 1 aromatic carbocycles. The normalized spacial score (nSPS) is 19.6. The molecule has 10 nitrogen and oxygen atoms in total. The number of nitrogens with one attached hydrogen (secondary N) is 1. The number of benzene rings is 1. The maximum absolute atomic E-state index is 13.6. The minimum absolute atomic E-state index is 0.108. The number of likely N-dealkylation sites (N-methyl/N-ethyl adjacent to an activating group) is 1. The van der Waals surface area contributed by atoms with Gasteiger partial charge in [0.1, 0.15) is 5.65 Å². The highest BCUT2D eigenvalue weighted by molar-refractivity contribution is 5.98. The lowest BCUT2D eigenvalue weighted by molar-refractivity contribution is -0.117. The second kappa shape index (κ2) is 11.1. The first-order chi connectivity index (χ1) is 19.8. The summed E-state index contributed by atoms with van der Waals surface area (Å²) in [4.78, 5) is 39.4. The highest BCUT2D eigenvalue weighted by atomic mass is 16.2. The third kappa shape index (κ3) is 5.75. The molecule has 0 spiro atoms. The molecule has 1 saturated heterocycles. The predicted molar refractivity (Wildman–Crippen MR) is 160 cm³/mol. The maximum Gasteiger partial charge on any atom is 0.254 e. The van der Waals surface area contributed by atoms with Gasteiger partial charge in [-0.1, -0.05) is 6.08 Å². The van der Waals surface area contributed by atoms with E-state index in [-0.39, 0.29) is 23.9 Å². The predicted octanol–water partition coefficient (Wildman–Crippen LogP) is 2.78. The van der Waals surface area contributed by atoms with E-state index in [4.69, 9.17) is 10.7 Å². The Morgan fingerprint density at radius 3 is 2.78 bits per heavy atom. The van der Waals surface area contributed by atoms with Crippen molar-refractivity contribution in [3.8, 4) is 11.5 Å². The van der Waals surface area contributed by atoms with Crippen LogP contribution in [0.15, 0.2) is 54.7 Å². The molecule has 10 heteroatoms. The van der Waals surface area contributed by atoms with Gasteiger partial charge >= 0.3 is 0 Å². The Hall–Kier alpha value is -4.02. The Bertz CT molecular complexity index is 1630. The number of carbonyl (C=O) groups excluding carboxylic acids is 2. The van der Waals surface area contributed by atoms with Gasteiger partial charge in [-0.15, -0.1) is 0 Å². The van der Waals surface area contributed by atoms with Gasteiger partial charge in [-0.05, 0) is 75.7 Å². The third-order valence-electron chi connectivity index (χ3n) is 8.01. The van der Waals surface area contributed by atoms with Crippen molar-refractivity contribution in [2.24, 2.45) is 18.7 Å². The van der Waals surface area contributed by atoms with Gasteiger partial charge in [0.15, 0.2) is 5.82 Å². The highest BCUT2D eigenvalue weighted by Crippen LogP contribution is 2.36. The van der Waals surface area contributed by atoms with E-state index in [9.17, 15) is 9.59 Å². The SMILES string of the molecule is CN(C)C/C=C/C(=O)N[C@@H]1C[C@H](N)CN(C(=O)c2ccc3c(c2)nc(-c2cc4cccnc4n2CC2CC2)n3C)C1. The van der Waals surface area contributed by atoms with Crippen LogP contribution in [0.25, 0.3) is 33.6 Å². The summed E-state index contributed by atoms with van der Waals surface area (Å²) in [7, 11) is 5.91. The summed E-state index contributed by atoms with van der Waals surface area (Å²) >= 11 is 0. The van der Waals surface area contributed by atoms with Crippen LogP contribution in [0.2, 0.25) is 0 Å². The fourth-order valence-corrected chi connectivity index (χ4v) is 5.79. The van der Waals surface area contributed by atoms with Gasteiger partial charge in [0.2, 0.25) is 5.91 Å². The van der Waals surface area contributed by atoms with Crippen molar-refractivity contribution in [2.75, 3.05) is 33.7 Å². The van der Waals surface area contributed by atoms with Crippen molar-refractivity contribution in [2.45, 2.75) is 37.9 Å². The van der Waals surface area contributed by atoms with E-state index in [0.717, 1.165) is 40.1 Å². The second-order valence-corrected chi connectivity index (χ2v) is 11.8. The van der Waals surface area contributed by atoms with E-state index in [1.807, 2.05) is 62.6 Å². The van der Waals surface area contributed by atoms with Crippen LogP contribution in [0.4, 0.5) is 0 Å². The van der Waals surface area contributed by atoms with Crippen LogP contribution in [0.5, 0.6) is 0 Å². The molecule has 3 N–H and O–H groups in total. The van der Waals surface area contributed by atoms with Gasteiger partial charge in [-0.25, -0.2) is 9.97 Å². The zero-order valence-corrected chi connectivity index (χ0v) is 24.0. The summed E-state index contributed by atoms with van der Waals surface area (Å²) < 4.78 is 4.38. The number of aromatic nitrogens is 4. The number of imidazole rings is 1. The molecule has 0 unspecified atom stereocenters. The first kappa shape index (κ1) is 27.2. The van der Waals surface area contributed by atoms with E-state index >= 15 is 0 Å². The topological polar surface area (TPSA) is 114 Å². The molecule has 0 bridgehead atoms. The first-order valence-corrected chi connectivity index (χ1v) is 14.3. The molecule has 0 radical (unpaired) electrons. The Labute approximate surface area is 239 Å². The van der Waals surface area contributed by atoms with Gasteiger partial charge in [-0.3, -0.25) is 9.59 Å². The fourth-order valence-electron chi connectivity index (χ4n) is 5.79. The van der Waals surface area contributed by atoms with Gasteiger partial charge in [-0.2, -0.15) is 0 Å². The molecular weight excluding hydrogens is 516 g/mol. The average Bonchev–Trinajstić information content (AvgIpc) is 3.61. The summed E-state index contributed by atoms with van der Waals surface area (Å²) in [6.07, 6.45) is 8.32. The standard InChI is InChI=1S/C31H38N8O2/c1-36(2)13-5-7-28(40)34-24-16-23(32)18-38(19-24)31(41)22-10-11-26-25(14-22)35-30(37(26)3)27-15-21-6-4-12-33-29(21)39(27)17-20-8-9-20/h4-7,10-12,14-15,20,23-24H,8-9,13,16-19,32H2,1-3H3,(H,34,40)/b7-5+/t23-,24+/m0/s1. The number of pyridine rings is 1. The van der Waals surface area contributed by atoms with E-state index in [2.05, 4.69) is 31.6 Å². The summed E-state index contributed by atoms with van der Waals surface area (Å²) in [6.45, 7) is 2.47. The van der Waals surface area contributed by atoms with E-state index in [0.29, 0.717) is 37.5 Å². The number of nitrogens with two attached hydrogens (primary N) is 1. The van der Waals surface area contributed by atoms with Crippen LogP contribution >= 0.6 is 0 Å². The van der Waals surface area contributed by atoms with Crippen LogP contribution < -0.4 is 11.1 Å². The zero-order valence-electron chi connectivity index (χ0n) is 24.0. The van der Waals surface area contributed by atoms with Crippen LogP contribution in [0, 0.1) is 5.92 Å². The Kier molecular flexibility index (Phi) is 7.35. The number of likely N-dealkylation sites (tertiary alicyclic amines) is 1. The third-order valence-corrected chi connectivity index (χ3v) is 8.01. The number of nitrogens with zero attached hydrogens (tertiary/aromatic N) is 6. The average molecular weight is 555 g/mol. The molecule has 1 aliphatic carbocycles. The van der Waals surface area contributed by atoms with E-state index in [1.165, 1.54) is 12.8 Å². The zero-order chi connectivity index (χ0) is 28.7. The second-order valence-electron chi connectivity index (χ2n) is 11.8. The summed E-state index contributed by atoms with van der Waals surface area (Å²) in [5.41, 5.74) is 10.6. The number of aryl methyl sites for hydroxylation is 1. The fraction of sp³-hybridized carbons (Fsp3) is 0.419. The van der Waals surface area contributed by atoms with Crippen LogP contribution in [-0.2, 0) is 18.4 Å². The minimum Gasteiger partial charge on any atom is -0.348 e. The Balaban J connectivity index is 1.24. The van der Waals surface area contributed by atoms with Crippen LogP contribution in [0.1, 0.15) is 29.6 Å². The quantitative estimate of drug-likeness (QED) is 0.324. The number of carbonyl (C=O) groups is 2. The van der Waals surface area contributed by atoms with Crippen molar-refractivity contribution in [1.29, 1.82) is 0 Å². The summed E-state index contributed by atoms with van der Waals surface area (Å²) in [6, 6.07) is 11.5. The van der Waals surface area contributed by atoms with Crippen molar-refractivity contribution >= 4 is 33.9 Å². The van der Waals surface area contributed by atoms with Gasteiger partial charge < -0.3 is 30.0 Å². The molecule has 2 atom stereocenters. The van der Waals surface area contributed by atoms with E-state index < -0.39 is 0 Å². The molecule has 2 aliphatic rings. The van der Waals surface area contributed by atoms with Crippen LogP contribution in [-0.4, -0.2) is 86.5 Å². The molecule has 6 rings (SSSR count). The van der Waals surface area contributed by atoms with Gasteiger partial charge in [0, 0.05) is 68.5 Å². The monoisotopic (exact) mass is 554 g/mol. The lowest BCUT2D eigenvalue weighted by atomic mass is 10.00. The summed E-state index contributed by atoms with van der Waals surface area (Å²) in [5.74, 6) is 1.26. The van der Waals surface area contributed by atoms with Crippen molar-refractivity contribution < 1.29 is 9.59 Å². The molecule has 2 fully saturated rings. The van der Waals surface area contributed by atoms with E-state index in [1.54, 1.807) is 11.0 Å². The van der Waals surface area contributed by atoms with Crippen LogP contribution in [0.3, 0.4) is 0 Å². The lowest BCUT2D eigenvalue weighted by Crippen LogP contribution is -2.56. The smallest absolute Gasteiger partial charge is 0.254 e. The van der Waals surface area contributed by atoms with Crippen molar-refractivity contribution in [3.63, 3.8) is 0 Å².